The molecular weight excluding hydrogens is 1880 g/mol. The molecule has 11 aromatic carbocycles. The number of hydrogen-bond acceptors (Lipinski definition) is 24. The quantitative estimate of drug-likeness (QED) is 0.0207. The van der Waals surface area contributed by atoms with Crippen LogP contribution >= 0.6 is 0 Å². The number of ketones is 4. The van der Waals surface area contributed by atoms with E-state index in [4.69, 9.17) is 97.8 Å². The van der Waals surface area contributed by atoms with Crippen molar-refractivity contribution in [3.8, 4) is 33.8 Å². The number of Topliss-reactive ketones (excluding diaryl/α,β-unsaturated/α-hetero) is 4. The molecular formula is C117H155N11O20. The minimum absolute atomic E-state index is 0.0122. The molecule has 3 aliphatic rings. The molecule has 0 amide bonds. The zero-order valence-electron chi connectivity index (χ0n) is 88.0. The monoisotopic (exact) mass is 2030 g/mol. The number of phenols is 1. The highest BCUT2D eigenvalue weighted by Crippen LogP contribution is 2.32. The molecule has 1 heterocycles. The molecule has 0 saturated heterocycles. The Morgan fingerprint density at radius 3 is 1.20 bits per heavy atom. The molecule has 0 bridgehead atoms. The van der Waals surface area contributed by atoms with E-state index in [0.717, 1.165) is 98.2 Å². The van der Waals surface area contributed by atoms with Crippen molar-refractivity contribution in [1.29, 1.82) is 0 Å². The molecule has 7 atom stereocenters. The molecule has 31 heteroatoms. The number of aliphatic carboxylic acids is 7. The van der Waals surface area contributed by atoms with Crippen molar-refractivity contribution < 1.29 is 98.3 Å². The van der Waals surface area contributed by atoms with Crippen LogP contribution < -0.4 is 67.4 Å². The van der Waals surface area contributed by atoms with E-state index in [1.54, 1.807) is 40.0 Å². The Bertz CT molecular complexity index is 6050. The maximum Gasteiger partial charge on any atom is 0.323 e. The molecule has 0 unspecified atom stereocenters. The van der Waals surface area contributed by atoms with E-state index in [-0.39, 0.29) is 41.0 Å². The smallest absolute Gasteiger partial charge is 0.323 e. The number of carboxylic acids is 7. The van der Waals surface area contributed by atoms with Crippen LogP contribution in [0.25, 0.3) is 43.8 Å². The van der Waals surface area contributed by atoms with Gasteiger partial charge in [0.25, 0.3) is 0 Å². The second-order valence-corrected chi connectivity index (χ2v) is 38.3. The Labute approximate surface area is 869 Å². The van der Waals surface area contributed by atoms with Crippen molar-refractivity contribution >= 4 is 86.5 Å². The third-order valence-electron chi connectivity index (χ3n) is 25.8. The molecule has 1 aliphatic heterocycles. The van der Waals surface area contributed by atoms with Crippen LogP contribution in [0.4, 0.5) is 0 Å². The van der Waals surface area contributed by atoms with Crippen molar-refractivity contribution in [2.75, 3.05) is 7.11 Å². The third kappa shape index (κ3) is 42.5. The Morgan fingerprint density at radius 1 is 0.405 bits per heavy atom. The number of nitrogens with one attached hydrogen (secondary N) is 1. The maximum atomic E-state index is 11.2. The second-order valence-electron chi connectivity index (χ2n) is 38.3. The second kappa shape index (κ2) is 61.6. The zero-order valence-corrected chi connectivity index (χ0v) is 88.0. The average Bonchev–Trinajstić information content (AvgIpc) is 1.58. The van der Waals surface area contributed by atoms with Gasteiger partial charge in [0.2, 0.25) is 0 Å². The molecule has 798 valence electrons. The highest BCUT2D eigenvalue weighted by molar-refractivity contribution is 5.89. The number of carboxylic acid groups (broad SMARTS) is 7. The minimum Gasteiger partial charge on any atom is -0.508 e. The molecule has 29 N–H and O–H groups in total. The van der Waals surface area contributed by atoms with Gasteiger partial charge in [-0.25, -0.2) is 0 Å². The van der Waals surface area contributed by atoms with Gasteiger partial charge in [-0.05, 0) is 313 Å². The SMILES string of the molecule is CC(=O)[C@@H](N)Cc1c(C)cc(C)cc1C.CC(=O)[C@@H](N)Cc1c(C)cc(O)cc1C.CC(=O)[C@@H](N)Cc1ccc2ccccc2c1.CC(=O)[C@@H](N)Cc1cccc2ccccc12.CC(C)(N)C(=O)O.CCC(N)(CC)C(=O)O.CCc1cc(OC)ccc1-c1ccc(C[C@H](N)C(=O)O)cc1.NC1(C(=O)O)CCC1.NC1(C(=O)O)CCCC1.N[C@@H](Cc1ccc(-c2ccccc2)cc1)C(=O)O.O=C(O)[C@@H]1Cc2ccccc2CN1. The first-order valence-corrected chi connectivity index (χ1v) is 49.3. The standard InChI is InChI=1S/C18H21NO3.C15H15NO2.2C14H15NO.C13H19NO.C12H17NO2.C10H11NO2.C6H11NO2.C6H13NO2.C5H9NO2.C4H9NO2/c1-3-13-11-15(22-2)8-9-16(13)14-6-4-12(5-7-14)10-17(19)18(20)21;16-14(15(17)18)10-11-6-8-13(9-7-11)12-4-2-1-3-5-12;1-10(16)14(15)9-12-7-4-6-11-5-2-3-8-13(11)12;1-10(16)14(15)9-11-6-7-12-4-2-3-5-13(12)8-11;1-8-5-9(2)12(10(3)6-8)7-13(14)11(4)15;1-7-4-10(15)5-8(2)11(7)6-12(13)9(3)14;12-10(13)9-5-7-3-1-2-4-8(7)6-11-9;7-6(5(8)9)3-1-2-4-6;1-3-6(7,4-2)5(8)9;6-5(4(7)8)2-1-3-5;1-4(2,5)3(6)7/h4-9,11,17H,3,10,19H2,1-2H3,(H,20,21);1-9,14H,10,16H2,(H,17,18);2*2-8,14H,9,15H2,1H3;5-6,13H,7,14H2,1-4H3;4-5,12,15H,6,13H2,1-3H3;1-4,9,11H,5-6H2,(H,12,13);1-4,7H2,(H,8,9);3-4,7H2,1-2H3,(H,8,9);1-3,6H2,(H,7,8);5H2,1-2H3,(H,6,7)/t17-;3*14-;13-;12-;9-;;;;/m0000000..../s1. The van der Waals surface area contributed by atoms with Crippen molar-refractivity contribution in [3.05, 3.63) is 308 Å². The van der Waals surface area contributed by atoms with E-state index < -0.39 is 94.2 Å². The molecule has 0 spiro atoms. The van der Waals surface area contributed by atoms with Gasteiger partial charge in [0.1, 0.15) is 74.9 Å². The Hall–Kier alpha value is -13.9. The number of benzene rings is 11. The summed E-state index contributed by atoms with van der Waals surface area (Å²) in [6.07, 6.45) is 11.0. The predicted molar refractivity (Wildman–Crippen MR) is 585 cm³/mol. The normalized spacial score (nSPS) is 14.3. The third-order valence-corrected chi connectivity index (χ3v) is 25.8. The summed E-state index contributed by atoms with van der Waals surface area (Å²) < 4.78 is 5.26. The van der Waals surface area contributed by atoms with E-state index in [9.17, 15) is 57.8 Å². The number of phenolic OH excluding ortho intramolecular Hbond substituents is 1. The molecule has 2 aliphatic carbocycles. The first-order valence-electron chi connectivity index (χ1n) is 49.3. The summed E-state index contributed by atoms with van der Waals surface area (Å²) in [7, 11) is 1.66. The average molecular weight is 2040 g/mol. The van der Waals surface area contributed by atoms with E-state index in [1.165, 1.54) is 89.5 Å². The van der Waals surface area contributed by atoms with Gasteiger partial charge in [-0.15, -0.1) is 0 Å². The van der Waals surface area contributed by atoms with E-state index >= 15 is 0 Å². The van der Waals surface area contributed by atoms with Crippen LogP contribution in [0.1, 0.15) is 198 Å². The van der Waals surface area contributed by atoms with Crippen molar-refractivity contribution in [3.63, 3.8) is 0 Å². The lowest BCUT2D eigenvalue weighted by molar-refractivity contribution is -0.147. The van der Waals surface area contributed by atoms with E-state index in [0.29, 0.717) is 90.0 Å². The van der Waals surface area contributed by atoms with Crippen LogP contribution in [-0.2, 0) is 111 Å². The summed E-state index contributed by atoms with van der Waals surface area (Å²) in [4.78, 5) is 117. The van der Waals surface area contributed by atoms with E-state index in [2.05, 4.69) is 93.7 Å². The highest BCUT2D eigenvalue weighted by atomic mass is 16.5. The zero-order chi connectivity index (χ0) is 111. The fourth-order valence-electron chi connectivity index (χ4n) is 15.6. The number of ether oxygens (including phenoxy) is 1. The first kappa shape index (κ1) is 126. The van der Waals surface area contributed by atoms with Gasteiger partial charge < -0.3 is 108 Å². The molecule has 14 rings (SSSR count). The number of carbonyl (C=O) groups excluding carboxylic acids is 4. The lowest BCUT2D eigenvalue weighted by atomic mass is 9.78. The van der Waals surface area contributed by atoms with Crippen LogP contribution in [0, 0.1) is 34.6 Å². The maximum absolute atomic E-state index is 11.2. The molecule has 2 saturated carbocycles. The van der Waals surface area contributed by atoms with Gasteiger partial charge >= 0.3 is 41.8 Å². The van der Waals surface area contributed by atoms with Crippen LogP contribution in [0.3, 0.4) is 0 Å². The summed E-state index contributed by atoms with van der Waals surface area (Å²) >= 11 is 0. The highest BCUT2D eigenvalue weighted by Gasteiger charge is 2.40. The van der Waals surface area contributed by atoms with Gasteiger partial charge in [-0.3, -0.25) is 52.7 Å². The Balaban J connectivity index is 0.000000344. The predicted octanol–water partition coefficient (Wildman–Crippen LogP) is 14.8. The van der Waals surface area contributed by atoms with Crippen molar-refractivity contribution in [2.24, 2.45) is 57.3 Å². The molecule has 0 radical (unpaired) electrons. The first-order chi connectivity index (χ1) is 69.5. The topological polar surface area (TPSA) is 631 Å². The summed E-state index contributed by atoms with van der Waals surface area (Å²) in [6, 6.07) is 72.2. The minimum atomic E-state index is -1.08. The summed E-state index contributed by atoms with van der Waals surface area (Å²) in [6.45, 7) is 25.4. The Kier molecular flexibility index (Phi) is 52.6. The van der Waals surface area contributed by atoms with Gasteiger partial charge in [0, 0.05) is 6.54 Å². The van der Waals surface area contributed by atoms with Crippen LogP contribution in [0.15, 0.2) is 231 Å². The number of aryl methyl sites for hydroxylation is 6. The summed E-state index contributed by atoms with van der Waals surface area (Å²) in [5.41, 5.74) is 71.7. The van der Waals surface area contributed by atoms with Crippen molar-refractivity contribution in [1.82, 2.24) is 5.32 Å². The number of nitrogens with two attached hydrogens (primary N) is 10. The fourth-order valence-corrected chi connectivity index (χ4v) is 15.6. The lowest BCUT2D eigenvalue weighted by Gasteiger charge is -2.32. The number of fused-ring (bicyclic) bond motifs is 3. The molecule has 31 nitrogen and oxygen atoms in total. The van der Waals surface area contributed by atoms with Gasteiger partial charge in [0.15, 0.2) is 0 Å². The molecule has 148 heavy (non-hydrogen) atoms. The van der Waals surface area contributed by atoms with Gasteiger partial charge in [0.05, 0.1) is 31.3 Å². The number of carbonyl (C=O) groups is 11. The van der Waals surface area contributed by atoms with Crippen LogP contribution in [0.2, 0.25) is 0 Å². The fraction of sp³-hybridized carbons (Fsp3) is 0.376. The molecule has 0 aromatic heterocycles. The molecule has 11 aromatic rings. The lowest BCUT2D eigenvalue weighted by Crippen LogP contribution is -2.53. The number of hydrogen-bond donors (Lipinski definition) is 19. The number of methoxy groups -OCH3 is 1. The van der Waals surface area contributed by atoms with E-state index in [1.807, 2.05) is 172 Å². The van der Waals surface area contributed by atoms with Crippen LogP contribution in [0.5, 0.6) is 11.5 Å². The largest absolute Gasteiger partial charge is 0.508 e. The number of aromatic hydroxyl groups is 1. The summed E-state index contributed by atoms with van der Waals surface area (Å²) in [5.74, 6) is -5.10. The van der Waals surface area contributed by atoms with Crippen LogP contribution in [-0.4, -0.2) is 177 Å². The summed E-state index contributed by atoms with van der Waals surface area (Å²) in [5, 5.41) is 77.1. The number of rotatable bonds is 29. The Morgan fingerprint density at radius 2 is 0.797 bits per heavy atom. The molecule has 2 fully saturated rings. The van der Waals surface area contributed by atoms with Gasteiger partial charge in [-0.1, -0.05) is 245 Å². The van der Waals surface area contributed by atoms with Crippen molar-refractivity contribution in [2.45, 2.75) is 277 Å². The van der Waals surface area contributed by atoms with Gasteiger partial charge in [-0.2, -0.15) is 0 Å².